The number of carboxylic acids is 1. The average Bonchev–Trinajstić information content (AvgIpc) is 2.95. The summed E-state index contributed by atoms with van der Waals surface area (Å²) in [7, 11) is 0. The van der Waals surface area contributed by atoms with Crippen LogP contribution in [0.4, 0.5) is 21.8 Å². The van der Waals surface area contributed by atoms with Gasteiger partial charge in [-0.15, -0.1) is 0 Å². The minimum Gasteiger partial charge on any atom is -0.478 e. The van der Waals surface area contributed by atoms with E-state index in [9.17, 15) is 9.18 Å². The molecule has 11 heteroatoms. The second kappa shape index (κ2) is 12.4. The number of nitrogens with one attached hydrogen (secondary N) is 1. The lowest BCUT2D eigenvalue weighted by atomic mass is 10.0. The van der Waals surface area contributed by atoms with Gasteiger partial charge in [0.15, 0.2) is 0 Å². The molecule has 38 heavy (non-hydrogen) atoms. The Balaban J connectivity index is 1.43. The number of carbonyl (C=O) groups is 1. The van der Waals surface area contributed by atoms with Gasteiger partial charge in [-0.1, -0.05) is 18.2 Å². The molecule has 3 heterocycles. The van der Waals surface area contributed by atoms with Gasteiger partial charge in [0.25, 0.3) is 0 Å². The van der Waals surface area contributed by atoms with Crippen LogP contribution in [0.5, 0.6) is 0 Å². The van der Waals surface area contributed by atoms with Crippen molar-refractivity contribution < 1.29 is 23.8 Å². The van der Waals surface area contributed by atoms with Gasteiger partial charge in [0.1, 0.15) is 11.6 Å². The van der Waals surface area contributed by atoms with E-state index in [0.29, 0.717) is 56.0 Å². The Bertz CT molecular complexity index is 1310. The second-order valence-corrected chi connectivity index (χ2v) is 9.87. The number of morpholine rings is 2. The number of anilines is 3. The van der Waals surface area contributed by atoms with Crippen molar-refractivity contribution in [2.75, 3.05) is 62.8 Å². The molecule has 9 nitrogen and oxygen atoms in total. The molecule has 1 aromatic heterocycles. The number of carboxylic acid groups (broad SMARTS) is 1. The van der Waals surface area contributed by atoms with E-state index in [1.165, 1.54) is 18.0 Å². The van der Waals surface area contributed by atoms with Crippen molar-refractivity contribution in [3.63, 3.8) is 0 Å². The molecule has 0 unspecified atom stereocenters. The molecule has 3 aromatic rings. The van der Waals surface area contributed by atoms with Crippen molar-refractivity contribution in [3.8, 4) is 11.1 Å². The highest BCUT2D eigenvalue weighted by Crippen LogP contribution is 2.33. The molecule has 2 saturated heterocycles. The molecule has 198 valence electrons. The topological polar surface area (TPSA) is 100 Å². The monoisotopic (exact) mass is 537 g/mol. The first kappa shape index (κ1) is 26.1. The molecule has 0 spiro atoms. The molecule has 0 bridgehead atoms. The van der Waals surface area contributed by atoms with Crippen molar-refractivity contribution in [1.82, 2.24) is 14.3 Å². The number of rotatable bonds is 8. The zero-order valence-corrected chi connectivity index (χ0v) is 21.5. The van der Waals surface area contributed by atoms with E-state index < -0.39 is 5.97 Å². The van der Waals surface area contributed by atoms with Crippen LogP contribution in [-0.4, -0.2) is 78.0 Å². The molecular formula is C27H28FN5O4S. The zero-order valence-electron chi connectivity index (χ0n) is 20.7. The van der Waals surface area contributed by atoms with Crippen molar-refractivity contribution in [2.24, 2.45) is 0 Å². The lowest BCUT2D eigenvalue weighted by Gasteiger charge is -2.29. The number of hydrogen-bond donors (Lipinski definition) is 2. The Labute approximate surface area is 224 Å². The largest absolute Gasteiger partial charge is 0.478 e. The first-order chi connectivity index (χ1) is 18.5. The summed E-state index contributed by atoms with van der Waals surface area (Å²) in [5.74, 6) is -0.147. The van der Waals surface area contributed by atoms with Crippen LogP contribution in [-0.2, 0) is 14.3 Å². The maximum absolute atomic E-state index is 14.5. The third-order valence-corrected chi connectivity index (χ3v) is 7.21. The molecule has 2 N–H and O–H groups in total. The Morgan fingerprint density at radius 3 is 2.58 bits per heavy atom. The zero-order chi connectivity index (χ0) is 26.3. The summed E-state index contributed by atoms with van der Waals surface area (Å²) >= 11 is 1.38. The van der Waals surface area contributed by atoms with Crippen molar-refractivity contribution in [1.29, 1.82) is 0 Å². The van der Waals surface area contributed by atoms with E-state index in [-0.39, 0.29) is 5.82 Å². The molecule has 2 aromatic carbocycles. The van der Waals surface area contributed by atoms with Gasteiger partial charge in [-0.3, -0.25) is 0 Å². The molecular weight excluding hydrogens is 509 g/mol. The van der Waals surface area contributed by atoms with Crippen LogP contribution in [0.2, 0.25) is 0 Å². The number of nitrogens with zero attached hydrogens (tertiary/aromatic N) is 4. The summed E-state index contributed by atoms with van der Waals surface area (Å²) < 4.78 is 27.6. The lowest BCUT2D eigenvalue weighted by molar-refractivity contribution is -0.131. The van der Waals surface area contributed by atoms with Crippen molar-refractivity contribution in [3.05, 3.63) is 66.1 Å². The van der Waals surface area contributed by atoms with Gasteiger partial charge >= 0.3 is 5.97 Å². The summed E-state index contributed by atoms with van der Waals surface area (Å²) in [5.41, 5.74) is 3.14. The molecule has 0 atom stereocenters. The second-order valence-electron chi connectivity index (χ2n) is 8.73. The van der Waals surface area contributed by atoms with Gasteiger partial charge in [0.2, 0.25) is 5.95 Å². The van der Waals surface area contributed by atoms with Crippen LogP contribution in [0.15, 0.2) is 59.6 Å². The van der Waals surface area contributed by atoms with E-state index in [0.717, 1.165) is 41.7 Å². The number of benzene rings is 2. The first-order valence-corrected chi connectivity index (χ1v) is 13.1. The highest BCUT2D eigenvalue weighted by Gasteiger charge is 2.20. The van der Waals surface area contributed by atoms with Gasteiger partial charge in [-0.25, -0.2) is 18.5 Å². The van der Waals surface area contributed by atoms with Crippen molar-refractivity contribution in [2.45, 2.75) is 4.90 Å². The van der Waals surface area contributed by atoms with E-state index in [1.54, 1.807) is 24.4 Å². The fourth-order valence-corrected chi connectivity index (χ4v) is 5.13. The van der Waals surface area contributed by atoms with Crippen molar-refractivity contribution >= 4 is 41.4 Å². The SMILES string of the molecule is O=C(O)/C=C/c1cccc(-c2cnc(Nc3ccc(F)c(SN4CCOCC4)c3)nc2N2CCOCC2)c1. The minimum absolute atomic E-state index is 0.283. The molecule has 2 aliphatic rings. The summed E-state index contributed by atoms with van der Waals surface area (Å²) in [6, 6.07) is 12.4. The highest BCUT2D eigenvalue weighted by atomic mass is 32.2. The Hall–Kier alpha value is -3.51. The highest BCUT2D eigenvalue weighted by molar-refractivity contribution is 7.97. The van der Waals surface area contributed by atoms with E-state index in [1.807, 2.05) is 24.3 Å². The average molecular weight is 538 g/mol. The molecule has 0 saturated carbocycles. The Kier molecular flexibility index (Phi) is 8.49. The van der Waals surface area contributed by atoms with Crippen LogP contribution < -0.4 is 10.2 Å². The normalized spacial score (nSPS) is 16.6. The van der Waals surface area contributed by atoms with E-state index >= 15 is 0 Å². The molecule has 2 fully saturated rings. The Morgan fingerprint density at radius 2 is 1.82 bits per heavy atom. The van der Waals surface area contributed by atoms with Crippen LogP contribution in [0, 0.1) is 5.82 Å². The molecule has 0 radical (unpaired) electrons. The number of hydrogen-bond acceptors (Lipinski definition) is 9. The van der Waals surface area contributed by atoms with E-state index in [4.69, 9.17) is 19.6 Å². The predicted octanol–water partition coefficient (Wildman–Crippen LogP) is 4.30. The number of aliphatic carboxylic acids is 1. The van der Waals surface area contributed by atoms with Gasteiger partial charge < -0.3 is 24.8 Å². The number of ether oxygens (including phenoxy) is 2. The van der Waals surface area contributed by atoms with Gasteiger partial charge in [0, 0.05) is 49.7 Å². The minimum atomic E-state index is -1.00. The predicted molar refractivity (Wildman–Crippen MR) is 145 cm³/mol. The first-order valence-electron chi connectivity index (χ1n) is 12.3. The smallest absolute Gasteiger partial charge is 0.328 e. The van der Waals surface area contributed by atoms with Crippen LogP contribution >= 0.6 is 11.9 Å². The standard InChI is InChI=1S/C27H28FN5O4S/c28-23-6-5-21(17-24(23)38-33-10-14-37-15-11-33)30-27-29-18-22(26(31-27)32-8-12-36-13-9-32)20-3-1-2-19(16-20)4-7-25(34)35/h1-7,16-18H,8-15H2,(H,34,35)(H,29,30,31)/b7-4+. The lowest BCUT2D eigenvalue weighted by Crippen LogP contribution is -2.37. The number of aromatic nitrogens is 2. The summed E-state index contributed by atoms with van der Waals surface area (Å²) in [6.45, 7) is 5.29. The van der Waals surface area contributed by atoms with Gasteiger partial charge in [0.05, 0.1) is 31.3 Å². The molecule has 5 rings (SSSR count). The maximum atomic E-state index is 14.5. The summed E-state index contributed by atoms with van der Waals surface area (Å²) in [4.78, 5) is 23.0. The molecule has 0 aliphatic carbocycles. The van der Waals surface area contributed by atoms with Crippen LogP contribution in [0.25, 0.3) is 17.2 Å². The Morgan fingerprint density at radius 1 is 1.05 bits per heavy atom. The summed E-state index contributed by atoms with van der Waals surface area (Å²) in [6.07, 6.45) is 4.42. The quantitative estimate of drug-likeness (QED) is 0.320. The van der Waals surface area contributed by atoms with Gasteiger partial charge in [-0.05, 0) is 53.4 Å². The van der Waals surface area contributed by atoms with E-state index in [2.05, 4.69) is 19.5 Å². The van der Waals surface area contributed by atoms with Crippen LogP contribution in [0.3, 0.4) is 0 Å². The summed E-state index contributed by atoms with van der Waals surface area (Å²) in [5, 5.41) is 12.2. The maximum Gasteiger partial charge on any atom is 0.328 e. The number of halogens is 1. The van der Waals surface area contributed by atoms with Crippen LogP contribution in [0.1, 0.15) is 5.56 Å². The fraction of sp³-hybridized carbons (Fsp3) is 0.296. The fourth-order valence-electron chi connectivity index (χ4n) is 4.19. The molecule has 0 amide bonds. The van der Waals surface area contributed by atoms with Gasteiger partial charge in [-0.2, -0.15) is 4.98 Å². The third kappa shape index (κ3) is 6.67. The third-order valence-electron chi connectivity index (χ3n) is 6.08. The molecule has 2 aliphatic heterocycles.